The second kappa shape index (κ2) is 5.96. The molecule has 4 heteroatoms. The fourth-order valence-corrected chi connectivity index (χ4v) is 2.04. The van der Waals surface area contributed by atoms with Crippen LogP contribution in [-0.4, -0.2) is 34.8 Å². The van der Waals surface area contributed by atoms with Crippen LogP contribution in [0.25, 0.3) is 0 Å². The van der Waals surface area contributed by atoms with Crippen molar-refractivity contribution >= 4 is 0 Å². The van der Waals surface area contributed by atoms with Crippen molar-refractivity contribution in [3.8, 4) is 0 Å². The summed E-state index contributed by atoms with van der Waals surface area (Å²) in [5.74, 6) is 0. The van der Waals surface area contributed by atoms with Crippen LogP contribution < -0.4 is 58.2 Å². The molecule has 1 aliphatic heterocycles. The van der Waals surface area contributed by atoms with Gasteiger partial charge < -0.3 is 9.58 Å². The fraction of sp³-hybridized carbons (Fsp3) is 0.636. The number of likely N-dealkylation sites (tertiary alicyclic amines) is 1. The molecular formula is C11H18N3Rb. The number of rotatable bonds is 1. The Morgan fingerprint density at radius 2 is 1.87 bits per heavy atom. The molecule has 0 atom stereocenters. The number of hydrogen-bond acceptors (Lipinski definition) is 2. The quantitative estimate of drug-likeness (QED) is 0.590. The van der Waals surface area contributed by atoms with Crippen LogP contribution in [0.1, 0.15) is 24.2 Å². The predicted molar refractivity (Wildman–Crippen MR) is 57.1 cm³/mol. The molecule has 0 amide bonds. The number of piperidine rings is 1. The Balaban J connectivity index is 0.00000112. The zero-order valence-corrected chi connectivity index (χ0v) is 15.2. The Hall–Kier alpha value is 0.845. The Bertz CT molecular complexity index is 314. The second-order valence-corrected chi connectivity index (χ2v) is 4.21. The first-order valence-electron chi connectivity index (χ1n) is 5.23. The molecule has 0 aliphatic carbocycles. The van der Waals surface area contributed by atoms with Crippen LogP contribution in [0.4, 0.5) is 0 Å². The Morgan fingerprint density at radius 1 is 1.27 bits per heavy atom. The first kappa shape index (κ1) is 13.9. The van der Waals surface area contributed by atoms with E-state index in [0.29, 0.717) is 0 Å². The van der Waals surface area contributed by atoms with E-state index in [4.69, 9.17) is 0 Å². The van der Waals surface area contributed by atoms with Gasteiger partial charge in [0.25, 0.3) is 0 Å². The van der Waals surface area contributed by atoms with Crippen molar-refractivity contribution in [2.24, 2.45) is 0 Å². The van der Waals surface area contributed by atoms with Crippen molar-refractivity contribution in [2.45, 2.75) is 26.7 Å². The summed E-state index contributed by atoms with van der Waals surface area (Å²) in [6.07, 6.45) is 2.30. The van der Waals surface area contributed by atoms with Crippen molar-refractivity contribution in [2.75, 3.05) is 20.1 Å². The molecule has 2 heterocycles. The van der Waals surface area contributed by atoms with Crippen LogP contribution in [-0.2, 0) is 0 Å². The molecule has 0 aromatic carbocycles. The van der Waals surface area contributed by atoms with Gasteiger partial charge in [0, 0.05) is 5.69 Å². The topological polar surface area (TPSA) is 21.1 Å². The summed E-state index contributed by atoms with van der Waals surface area (Å²) in [4.78, 5) is 2.37. The van der Waals surface area contributed by atoms with E-state index in [0.717, 1.165) is 31.6 Å². The van der Waals surface area contributed by atoms with Crippen molar-refractivity contribution in [1.82, 2.24) is 14.7 Å². The van der Waals surface area contributed by atoms with E-state index in [-0.39, 0.29) is 58.2 Å². The number of aromatic nitrogens is 2. The minimum Gasteiger partial charge on any atom is -0.399 e. The van der Waals surface area contributed by atoms with Crippen LogP contribution in [0, 0.1) is 19.9 Å². The number of hydrogen-bond donors (Lipinski definition) is 0. The molecular weight excluding hydrogens is 260 g/mol. The molecule has 0 spiro atoms. The van der Waals surface area contributed by atoms with Crippen molar-refractivity contribution in [3.63, 3.8) is 0 Å². The molecule has 0 unspecified atom stereocenters. The van der Waals surface area contributed by atoms with Crippen molar-refractivity contribution in [1.29, 1.82) is 0 Å². The van der Waals surface area contributed by atoms with Gasteiger partial charge >= 0.3 is 58.2 Å². The summed E-state index contributed by atoms with van der Waals surface area (Å²) in [6.45, 7) is 6.51. The van der Waals surface area contributed by atoms with E-state index in [9.17, 15) is 0 Å². The number of aryl methyl sites for hydroxylation is 2. The maximum Gasteiger partial charge on any atom is 1.00 e. The van der Waals surface area contributed by atoms with Gasteiger partial charge in [-0.15, -0.1) is 17.8 Å². The fourth-order valence-electron chi connectivity index (χ4n) is 2.04. The maximum atomic E-state index is 4.52. The SMILES string of the molecule is Cc1cc(C)n([C-]2CCN(C)CC2)n1.[Rb+]. The number of nitrogens with zero attached hydrogens (tertiary/aromatic N) is 3. The zero-order chi connectivity index (χ0) is 10.1. The van der Waals surface area contributed by atoms with Gasteiger partial charge in [-0.05, 0) is 27.1 Å². The maximum absolute atomic E-state index is 4.52. The van der Waals surface area contributed by atoms with Crippen LogP contribution in [0.2, 0.25) is 0 Å². The third-order valence-corrected chi connectivity index (χ3v) is 2.87. The van der Waals surface area contributed by atoms with Crippen molar-refractivity contribution in [3.05, 3.63) is 23.5 Å². The van der Waals surface area contributed by atoms with Gasteiger partial charge in [-0.2, -0.15) is 0 Å². The van der Waals surface area contributed by atoms with Gasteiger partial charge in [-0.1, -0.05) is 19.8 Å². The Kier molecular flexibility index (Phi) is 5.53. The molecule has 15 heavy (non-hydrogen) atoms. The summed E-state index contributed by atoms with van der Waals surface area (Å²) in [7, 11) is 2.18. The van der Waals surface area contributed by atoms with Gasteiger partial charge in [-0.3, -0.25) is 0 Å². The summed E-state index contributed by atoms with van der Waals surface area (Å²) >= 11 is 0. The molecule has 0 N–H and O–H groups in total. The summed E-state index contributed by atoms with van der Waals surface area (Å²) in [5, 5.41) is 4.52. The smallest absolute Gasteiger partial charge is 0.399 e. The van der Waals surface area contributed by atoms with E-state index in [1.807, 2.05) is 0 Å². The third-order valence-electron chi connectivity index (χ3n) is 2.87. The van der Waals surface area contributed by atoms with E-state index in [1.54, 1.807) is 0 Å². The zero-order valence-electron chi connectivity index (χ0n) is 10.2. The summed E-state index contributed by atoms with van der Waals surface area (Å²) in [5.41, 5.74) is 2.39. The van der Waals surface area contributed by atoms with E-state index in [2.05, 4.69) is 41.6 Å². The van der Waals surface area contributed by atoms with Gasteiger partial charge in [-0.25, -0.2) is 5.10 Å². The molecule has 3 nitrogen and oxygen atoms in total. The van der Waals surface area contributed by atoms with E-state index < -0.39 is 0 Å². The van der Waals surface area contributed by atoms with Gasteiger partial charge in [0.1, 0.15) is 0 Å². The molecule has 1 saturated heterocycles. The minimum absolute atomic E-state index is 0. The minimum atomic E-state index is 0. The Morgan fingerprint density at radius 3 is 2.33 bits per heavy atom. The third kappa shape index (κ3) is 3.40. The average Bonchev–Trinajstić information content (AvgIpc) is 2.47. The van der Waals surface area contributed by atoms with Gasteiger partial charge in [0.05, 0.1) is 0 Å². The molecule has 1 fully saturated rings. The molecule has 2 rings (SSSR count). The predicted octanol–water partition coefficient (Wildman–Crippen LogP) is -1.39. The standard InChI is InChI=1S/C11H18N3.Rb/c1-9-8-10(2)14(12-9)11-4-6-13(3)7-5-11;/h8H,4-7H2,1-3H3;/q-1;+1. The monoisotopic (exact) mass is 277 g/mol. The molecule has 0 saturated carbocycles. The Labute approximate surface area is 141 Å². The molecule has 1 aromatic heterocycles. The second-order valence-electron chi connectivity index (χ2n) is 4.21. The summed E-state index contributed by atoms with van der Waals surface area (Å²) < 4.78 is 2.13. The van der Waals surface area contributed by atoms with Crippen LogP contribution in [0.15, 0.2) is 6.07 Å². The molecule has 1 aliphatic rings. The normalized spacial score (nSPS) is 17.7. The molecule has 1 aromatic rings. The largest absolute Gasteiger partial charge is 1.00 e. The summed E-state index contributed by atoms with van der Waals surface area (Å²) in [6, 6.07) is 3.61. The van der Waals surface area contributed by atoms with E-state index >= 15 is 0 Å². The van der Waals surface area contributed by atoms with Crippen LogP contribution in [0.5, 0.6) is 0 Å². The van der Waals surface area contributed by atoms with Gasteiger partial charge in [0.2, 0.25) is 0 Å². The van der Waals surface area contributed by atoms with Crippen LogP contribution in [0.3, 0.4) is 0 Å². The first-order chi connectivity index (χ1) is 6.66. The van der Waals surface area contributed by atoms with Gasteiger partial charge in [0.15, 0.2) is 0 Å². The molecule has 0 radical (unpaired) electrons. The van der Waals surface area contributed by atoms with E-state index in [1.165, 1.54) is 11.7 Å². The first-order valence-corrected chi connectivity index (χ1v) is 5.23. The molecule has 78 valence electrons. The molecule has 0 bridgehead atoms. The average molecular weight is 278 g/mol. The van der Waals surface area contributed by atoms with Crippen LogP contribution >= 0.6 is 0 Å². The van der Waals surface area contributed by atoms with Crippen molar-refractivity contribution < 1.29 is 58.2 Å².